The van der Waals surface area contributed by atoms with E-state index in [0.717, 1.165) is 0 Å². The number of hydrogen-bond acceptors (Lipinski definition) is 1. The fourth-order valence-electron chi connectivity index (χ4n) is 0.823. The molecule has 1 nitrogen and oxygen atoms in total. The summed E-state index contributed by atoms with van der Waals surface area (Å²) < 4.78 is 0. The molecule has 0 heterocycles. The first-order chi connectivity index (χ1) is 4.68. The second-order valence-corrected chi connectivity index (χ2v) is 2.39. The Hall–Kier alpha value is -1.03. The molecule has 0 atom stereocenters. The minimum atomic E-state index is -0.413. The Bertz CT molecular complexity index is 169. The van der Waals surface area contributed by atoms with Crippen molar-refractivity contribution in [2.45, 2.75) is 20.8 Å². The van der Waals surface area contributed by atoms with Crippen LogP contribution in [0.5, 0.6) is 0 Å². The lowest BCUT2D eigenvalue weighted by atomic mass is 9.92. The first-order valence-electron chi connectivity index (χ1n) is 3.37. The SMILES string of the molecule is CC=CC(C)(C#N)C=CC. The van der Waals surface area contributed by atoms with Gasteiger partial charge >= 0.3 is 0 Å². The van der Waals surface area contributed by atoms with E-state index in [2.05, 4.69) is 6.07 Å². The molecule has 10 heavy (non-hydrogen) atoms. The predicted octanol–water partition coefficient (Wildman–Crippen LogP) is 2.67. The monoisotopic (exact) mass is 135 g/mol. The van der Waals surface area contributed by atoms with Crippen LogP contribution in [0.15, 0.2) is 24.3 Å². The molecule has 0 N–H and O–H groups in total. The zero-order valence-corrected chi connectivity index (χ0v) is 6.76. The first kappa shape index (κ1) is 8.97. The Balaban J connectivity index is 4.42. The molecule has 1 heteroatoms. The average Bonchev–Trinajstić information content (AvgIpc) is 1.89. The second-order valence-electron chi connectivity index (χ2n) is 2.39. The maximum Gasteiger partial charge on any atom is 0.0905 e. The van der Waals surface area contributed by atoms with E-state index in [1.54, 1.807) is 0 Å². The van der Waals surface area contributed by atoms with Crippen LogP contribution in [0.4, 0.5) is 0 Å². The van der Waals surface area contributed by atoms with Gasteiger partial charge in [-0.2, -0.15) is 5.26 Å². The maximum absolute atomic E-state index is 8.70. The van der Waals surface area contributed by atoms with Crippen LogP contribution < -0.4 is 0 Å². The summed E-state index contributed by atoms with van der Waals surface area (Å²) >= 11 is 0. The molecule has 0 aliphatic heterocycles. The molecule has 0 saturated heterocycles. The minimum Gasteiger partial charge on any atom is -0.197 e. The predicted molar refractivity (Wildman–Crippen MR) is 43.3 cm³/mol. The van der Waals surface area contributed by atoms with Crippen molar-refractivity contribution in [3.05, 3.63) is 24.3 Å². The van der Waals surface area contributed by atoms with E-state index in [1.165, 1.54) is 0 Å². The van der Waals surface area contributed by atoms with E-state index in [-0.39, 0.29) is 0 Å². The van der Waals surface area contributed by atoms with Gasteiger partial charge in [-0.3, -0.25) is 0 Å². The molecule has 0 spiro atoms. The average molecular weight is 135 g/mol. The van der Waals surface area contributed by atoms with Crippen LogP contribution in [0.2, 0.25) is 0 Å². The number of hydrogen-bond donors (Lipinski definition) is 0. The first-order valence-corrected chi connectivity index (χ1v) is 3.37. The van der Waals surface area contributed by atoms with E-state index in [1.807, 2.05) is 45.1 Å². The lowest BCUT2D eigenvalue weighted by Gasteiger charge is -2.08. The topological polar surface area (TPSA) is 23.8 Å². The van der Waals surface area contributed by atoms with Crippen molar-refractivity contribution >= 4 is 0 Å². The molecule has 0 unspecified atom stereocenters. The zero-order chi connectivity index (χ0) is 8.04. The largest absolute Gasteiger partial charge is 0.197 e. The second kappa shape index (κ2) is 3.90. The van der Waals surface area contributed by atoms with Crippen molar-refractivity contribution in [3.8, 4) is 6.07 Å². The van der Waals surface area contributed by atoms with Gasteiger partial charge in [-0.15, -0.1) is 0 Å². The Morgan fingerprint density at radius 3 is 1.80 bits per heavy atom. The molecule has 0 rings (SSSR count). The summed E-state index contributed by atoms with van der Waals surface area (Å²) in [6.07, 6.45) is 7.55. The minimum absolute atomic E-state index is 0.413. The van der Waals surface area contributed by atoms with E-state index in [9.17, 15) is 0 Å². The highest BCUT2D eigenvalue weighted by Gasteiger charge is 2.13. The van der Waals surface area contributed by atoms with Gasteiger partial charge in [0.1, 0.15) is 0 Å². The van der Waals surface area contributed by atoms with Gasteiger partial charge in [-0.25, -0.2) is 0 Å². The number of allylic oxidation sites excluding steroid dienone is 4. The molecule has 0 aliphatic rings. The molecule has 0 aromatic heterocycles. The molecular weight excluding hydrogens is 122 g/mol. The van der Waals surface area contributed by atoms with Crippen LogP contribution in [0.25, 0.3) is 0 Å². The summed E-state index contributed by atoms with van der Waals surface area (Å²) in [7, 11) is 0. The van der Waals surface area contributed by atoms with Gasteiger partial charge in [-0.1, -0.05) is 24.3 Å². The third-order valence-electron chi connectivity index (χ3n) is 1.27. The van der Waals surface area contributed by atoms with Gasteiger partial charge in [0.25, 0.3) is 0 Å². The molecule has 0 fully saturated rings. The van der Waals surface area contributed by atoms with Crippen LogP contribution in [0.3, 0.4) is 0 Å². The lowest BCUT2D eigenvalue weighted by Crippen LogP contribution is -2.04. The summed E-state index contributed by atoms with van der Waals surface area (Å²) in [5, 5.41) is 8.70. The van der Waals surface area contributed by atoms with Crippen LogP contribution in [0.1, 0.15) is 20.8 Å². The third kappa shape index (κ3) is 2.50. The standard InChI is InChI=1S/C9H13N/c1-4-6-9(3,8-10)7-5-2/h4-7H,1-3H3. The Morgan fingerprint density at radius 2 is 1.60 bits per heavy atom. The normalized spacial score (nSPS) is 17.4. The molecule has 0 aromatic carbocycles. The fourth-order valence-corrected chi connectivity index (χ4v) is 0.823. The summed E-state index contributed by atoms with van der Waals surface area (Å²) in [6, 6.07) is 2.21. The highest BCUT2D eigenvalue weighted by molar-refractivity contribution is 5.19. The van der Waals surface area contributed by atoms with Gasteiger partial charge in [0.2, 0.25) is 0 Å². The van der Waals surface area contributed by atoms with E-state index in [4.69, 9.17) is 5.26 Å². The van der Waals surface area contributed by atoms with Crippen molar-refractivity contribution < 1.29 is 0 Å². The van der Waals surface area contributed by atoms with Crippen molar-refractivity contribution in [3.63, 3.8) is 0 Å². The molecule has 0 amide bonds. The van der Waals surface area contributed by atoms with Gasteiger partial charge in [0.15, 0.2) is 0 Å². The zero-order valence-electron chi connectivity index (χ0n) is 6.76. The van der Waals surface area contributed by atoms with Crippen LogP contribution >= 0.6 is 0 Å². The number of nitrogens with zero attached hydrogens (tertiary/aromatic N) is 1. The summed E-state index contributed by atoms with van der Waals surface area (Å²) in [5.74, 6) is 0. The molecular formula is C9H13N. The van der Waals surface area contributed by atoms with Crippen LogP contribution in [0, 0.1) is 16.7 Å². The fraction of sp³-hybridized carbons (Fsp3) is 0.444. The van der Waals surface area contributed by atoms with Gasteiger partial charge in [-0.05, 0) is 20.8 Å². The maximum atomic E-state index is 8.70. The summed E-state index contributed by atoms with van der Waals surface area (Å²) in [6.45, 7) is 5.71. The quantitative estimate of drug-likeness (QED) is 0.534. The summed E-state index contributed by atoms with van der Waals surface area (Å²) in [4.78, 5) is 0. The van der Waals surface area contributed by atoms with Gasteiger partial charge in [0.05, 0.1) is 11.5 Å². The lowest BCUT2D eigenvalue weighted by molar-refractivity contribution is 0.733. The van der Waals surface area contributed by atoms with Crippen molar-refractivity contribution in [1.82, 2.24) is 0 Å². The summed E-state index contributed by atoms with van der Waals surface area (Å²) in [5.41, 5.74) is -0.413. The number of nitriles is 1. The van der Waals surface area contributed by atoms with Crippen LogP contribution in [-0.2, 0) is 0 Å². The van der Waals surface area contributed by atoms with Crippen molar-refractivity contribution in [1.29, 1.82) is 5.26 Å². The molecule has 0 aromatic rings. The Labute approximate surface area is 62.7 Å². The van der Waals surface area contributed by atoms with Gasteiger partial charge in [0, 0.05) is 0 Å². The van der Waals surface area contributed by atoms with E-state index >= 15 is 0 Å². The molecule has 0 saturated carbocycles. The van der Waals surface area contributed by atoms with Crippen LogP contribution in [-0.4, -0.2) is 0 Å². The van der Waals surface area contributed by atoms with E-state index in [0.29, 0.717) is 0 Å². The molecule has 0 bridgehead atoms. The van der Waals surface area contributed by atoms with E-state index < -0.39 is 5.41 Å². The molecule has 0 aliphatic carbocycles. The third-order valence-corrected chi connectivity index (χ3v) is 1.27. The molecule has 0 radical (unpaired) electrons. The van der Waals surface area contributed by atoms with Crippen molar-refractivity contribution in [2.24, 2.45) is 5.41 Å². The van der Waals surface area contributed by atoms with Gasteiger partial charge < -0.3 is 0 Å². The Kier molecular flexibility index (Phi) is 3.49. The highest BCUT2D eigenvalue weighted by Crippen LogP contribution is 2.18. The van der Waals surface area contributed by atoms with Crippen molar-refractivity contribution in [2.75, 3.05) is 0 Å². The Morgan fingerprint density at radius 1 is 1.20 bits per heavy atom. The smallest absolute Gasteiger partial charge is 0.0905 e. The number of rotatable bonds is 2. The highest BCUT2D eigenvalue weighted by atomic mass is 14.3. The molecule has 54 valence electrons.